The summed E-state index contributed by atoms with van der Waals surface area (Å²) in [5.74, 6) is -0.473. The standard InChI is InChI=1S/C14H19N5O/c1-9-11(8-18-19-9)3-2-6-17-13-5-4-10(14(16)20)7-12(13)15/h4-5,7-8,17H,2-3,6,15H2,1H3,(H2,16,20)(H,18,19). The highest BCUT2D eigenvalue weighted by atomic mass is 16.1. The van der Waals surface area contributed by atoms with Crippen LogP contribution < -0.4 is 16.8 Å². The van der Waals surface area contributed by atoms with E-state index in [1.807, 2.05) is 13.1 Å². The molecule has 1 heterocycles. The molecule has 106 valence electrons. The highest BCUT2D eigenvalue weighted by Gasteiger charge is 2.05. The zero-order valence-electron chi connectivity index (χ0n) is 11.4. The molecule has 0 bridgehead atoms. The number of hydrogen-bond acceptors (Lipinski definition) is 4. The second-order valence-corrected chi connectivity index (χ2v) is 4.72. The van der Waals surface area contributed by atoms with Gasteiger partial charge in [0.1, 0.15) is 0 Å². The first-order chi connectivity index (χ1) is 9.58. The molecule has 20 heavy (non-hydrogen) atoms. The Hall–Kier alpha value is -2.50. The zero-order valence-corrected chi connectivity index (χ0v) is 11.4. The van der Waals surface area contributed by atoms with Crippen LogP contribution in [-0.2, 0) is 6.42 Å². The number of aryl methyl sites for hydroxylation is 2. The molecular weight excluding hydrogens is 254 g/mol. The summed E-state index contributed by atoms with van der Waals surface area (Å²) < 4.78 is 0. The predicted molar refractivity (Wildman–Crippen MR) is 79.5 cm³/mol. The van der Waals surface area contributed by atoms with E-state index in [1.54, 1.807) is 18.2 Å². The molecule has 1 aromatic heterocycles. The van der Waals surface area contributed by atoms with Crippen LogP contribution in [-0.4, -0.2) is 22.6 Å². The van der Waals surface area contributed by atoms with E-state index in [0.717, 1.165) is 30.8 Å². The fourth-order valence-corrected chi connectivity index (χ4v) is 2.01. The quantitative estimate of drug-likeness (QED) is 0.471. The Balaban J connectivity index is 1.85. The summed E-state index contributed by atoms with van der Waals surface area (Å²) in [5.41, 5.74) is 15.2. The maximum Gasteiger partial charge on any atom is 0.248 e. The Kier molecular flexibility index (Phi) is 4.24. The molecule has 0 aliphatic heterocycles. The van der Waals surface area contributed by atoms with E-state index in [9.17, 15) is 4.79 Å². The van der Waals surface area contributed by atoms with E-state index in [1.165, 1.54) is 5.56 Å². The topological polar surface area (TPSA) is 110 Å². The maximum atomic E-state index is 11.0. The lowest BCUT2D eigenvalue weighted by Gasteiger charge is -2.10. The number of aromatic amines is 1. The van der Waals surface area contributed by atoms with Gasteiger partial charge in [-0.15, -0.1) is 0 Å². The number of carbonyl (C=O) groups excluding carboxylic acids is 1. The van der Waals surface area contributed by atoms with Crippen molar-refractivity contribution in [1.82, 2.24) is 10.2 Å². The molecule has 0 radical (unpaired) electrons. The number of aromatic nitrogens is 2. The number of nitrogens with zero attached hydrogens (tertiary/aromatic N) is 1. The largest absolute Gasteiger partial charge is 0.397 e. The molecule has 6 nitrogen and oxygen atoms in total. The number of nitrogen functional groups attached to an aromatic ring is 1. The molecule has 6 N–H and O–H groups in total. The average Bonchev–Trinajstić information content (AvgIpc) is 2.81. The van der Waals surface area contributed by atoms with E-state index in [0.29, 0.717) is 11.3 Å². The van der Waals surface area contributed by atoms with Crippen LogP contribution in [0.4, 0.5) is 11.4 Å². The molecule has 0 unspecified atom stereocenters. The third-order valence-corrected chi connectivity index (χ3v) is 3.21. The number of carbonyl (C=O) groups is 1. The smallest absolute Gasteiger partial charge is 0.248 e. The van der Waals surface area contributed by atoms with Crippen LogP contribution in [0.25, 0.3) is 0 Å². The van der Waals surface area contributed by atoms with Crippen molar-refractivity contribution in [2.45, 2.75) is 19.8 Å². The van der Waals surface area contributed by atoms with Crippen LogP contribution >= 0.6 is 0 Å². The van der Waals surface area contributed by atoms with E-state index >= 15 is 0 Å². The Morgan fingerprint density at radius 1 is 1.45 bits per heavy atom. The first-order valence-corrected chi connectivity index (χ1v) is 6.50. The summed E-state index contributed by atoms with van der Waals surface area (Å²) in [6.07, 6.45) is 3.78. The Morgan fingerprint density at radius 3 is 2.85 bits per heavy atom. The van der Waals surface area contributed by atoms with E-state index in [2.05, 4.69) is 15.5 Å². The number of amides is 1. The first-order valence-electron chi connectivity index (χ1n) is 6.50. The molecule has 0 fully saturated rings. The van der Waals surface area contributed by atoms with E-state index in [-0.39, 0.29) is 0 Å². The third kappa shape index (κ3) is 3.28. The van der Waals surface area contributed by atoms with Gasteiger partial charge in [0.2, 0.25) is 5.91 Å². The van der Waals surface area contributed by atoms with Crippen LogP contribution in [0.15, 0.2) is 24.4 Å². The number of anilines is 2. The zero-order chi connectivity index (χ0) is 14.5. The van der Waals surface area contributed by atoms with E-state index < -0.39 is 5.91 Å². The van der Waals surface area contributed by atoms with Gasteiger partial charge in [0.15, 0.2) is 0 Å². The number of rotatable bonds is 6. The molecule has 1 amide bonds. The van der Waals surface area contributed by atoms with Crippen molar-refractivity contribution in [1.29, 1.82) is 0 Å². The fourth-order valence-electron chi connectivity index (χ4n) is 2.01. The van der Waals surface area contributed by atoms with Crippen molar-refractivity contribution in [3.8, 4) is 0 Å². The Labute approximate surface area is 117 Å². The van der Waals surface area contributed by atoms with Crippen LogP contribution in [0.3, 0.4) is 0 Å². The SMILES string of the molecule is Cc1[nH]ncc1CCCNc1ccc(C(N)=O)cc1N. The Morgan fingerprint density at radius 2 is 2.25 bits per heavy atom. The van der Waals surface area contributed by atoms with Gasteiger partial charge < -0.3 is 16.8 Å². The molecule has 0 aliphatic rings. The molecule has 6 heteroatoms. The lowest BCUT2D eigenvalue weighted by molar-refractivity contribution is 0.100. The molecule has 2 rings (SSSR count). The number of nitrogens with two attached hydrogens (primary N) is 2. The van der Waals surface area contributed by atoms with Crippen LogP contribution in [0.1, 0.15) is 28.0 Å². The predicted octanol–water partition coefficient (Wildman–Crippen LogP) is 1.44. The van der Waals surface area contributed by atoms with Crippen molar-refractivity contribution in [3.05, 3.63) is 41.2 Å². The minimum absolute atomic E-state index is 0.419. The number of hydrogen-bond donors (Lipinski definition) is 4. The second-order valence-electron chi connectivity index (χ2n) is 4.72. The summed E-state index contributed by atoms with van der Waals surface area (Å²) >= 11 is 0. The van der Waals surface area contributed by atoms with Crippen molar-refractivity contribution < 1.29 is 4.79 Å². The first kappa shape index (κ1) is 13.9. The van der Waals surface area contributed by atoms with Crippen LogP contribution in [0, 0.1) is 6.92 Å². The molecule has 0 saturated carbocycles. The monoisotopic (exact) mass is 273 g/mol. The lowest BCUT2D eigenvalue weighted by atomic mass is 10.1. The summed E-state index contributed by atoms with van der Waals surface area (Å²) in [6, 6.07) is 5.03. The lowest BCUT2D eigenvalue weighted by Crippen LogP contribution is -2.12. The molecule has 0 aliphatic carbocycles. The highest BCUT2D eigenvalue weighted by Crippen LogP contribution is 2.19. The number of H-pyrrole nitrogens is 1. The minimum atomic E-state index is -0.473. The normalized spacial score (nSPS) is 10.4. The summed E-state index contributed by atoms with van der Waals surface area (Å²) in [4.78, 5) is 11.0. The summed E-state index contributed by atoms with van der Waals surface area (Å²) in [5, 5.41) is 10.2. The summed E-state index contributed by atoms with van der Waals surface area (Å²) in [6.45, 7) is 2.81. The number of benzene rings is 1. The van der Waals surface area contributed by atoms with Gasteiger partial charge in [-0.3, -0.25) is 9.89 Å². The van der Waals surface area contributed by atoms with Gasteiger partial charge in [-0.05, 0) is 43.5 Å². The van der Waals surface area contributed by atoms with Crippen molar-refractivity contribution in [3.63, 3.8) is 0 Å². The maximum absolute atomic E-state index is 11.0. The van der Waals surface area contributed by atoms with Gasteiger partial charge in [-0.2, -0.15) is 5.10 Å². The Bertz CT molecular complexity index is 605. The van der Waals surface area contributed by atoms with Crippen molar-refractivity contribution in [2.24, 2.45) is 5.73 Å². The molecule has 0 atom stereocenters. The van der Waals surface area contributed by atoms with Gasteiger partial charge >= 0.3 is 0 Å². The van der Waals surface area contributed by atoms with Crippen LogP contribution in [0.5, 0.6) is 0 Å². The fraction of sp³-hybridized carbons (Fsp3) is 0.286. The van der Waals surface area contributed by atoms with Crippen molar-refractivity contribution >= 4 is 17.3 Å². The third-order valence-electron chi connectivity index (χ3n) is 3.21. The van der Waals surface area contributed by atoms with Crippen LogP contribution in [0.2, 0.25) is 0 Å². The summed E-state index contributed by atoms with van der Waals surface area (Å²) in [7, 11) is 0. The van der Waals surface area contributed by atoms with E-state index in [4.69, 9.17) is 11.5 Å². The van der Waals surface area contributed by atoms with Gasteiger partial charge in [-0.25, -0.2) is 0 Å². The molecular formula is C14H19N5O. The minimum Gasteiger partial charge on any atom is -0.397 e. The van der Waals surface area contributed by atoms with Crippen molar-refractivity contribution in [2.75, 3.05) is 17.6 Å². The average molecular weight is 273 g/mol. The highest BCUT2D eigenvalue weighted by molar-refractivity contribution is 5.94. The number of nitrogens with one attached hydrogen (secondary N) is 2. The van der Waals surface area contributed by atoms with Gasteiger partial charge in [-0.1, -0.05) is 0 Å². The molecule has 0 saturated heterocycles. The molecule has 1 aromatic carbocycles. The van der Waals surface area contributed by atoms with Gasteiger partial charge in [0, 0.05) is 17.8 Å². The van der Waals surface area contributed by atoms with Gasteiger partial charge in [0.25, 0.3) is 0 Å². The molecule has 0 spiro atoms. The second kappa shape index (κ2) is 6.10. The number of primary amides is 1. The molecule has 2 aromatic rings. The van der Waals surface area contributed by atoms with Gasteiger partial charge in [0.05, 0.1) is 17.6 Å².